The number of halogens is 3. The van der Waals surface area contributed by atoms with Gasteiger partial charge >= 0.3 is 6.18 Å². The number of nitrogens with zero attached hydrogens (tertiary/aromatic N) is 4. The largest absolute Gasteiger partial charge is 0.416 e. The monoisotopic (exact) mass is 438 g/mol. The van der Waals surface area contributed by atoms with Gasteiger partial charge < -0.3 is 9.42 Å². The second-order valence-electron chi connectivity index (χ2n) is 7.94. The third-order valence-electron chi connectivity index (χ3n) is 5.72. The minimum atomic E-state index is -4.38. The Morgan fingerprint density at radius 1 is 1.13 bits per heavy atom. The number of benzene rings is 1. The molecular formula is C22H29F3N4O2. The van der Waals surface area contributed by atoms with E-state index in [-0.39, 0.29) is 17.7 Å². The highest BCUT2D eigenvalue weighted by Gasteiger charge is 2.30. The van der Waals surface area contributed by atoms with Gasteiger partial charge in [-0.3, -0.25) is 9.69 Å². The van der Waals surface area contributed by atoms with E-state index in [0.717, 1.165) is 50.9 Å². The van der Waals surface area contributed by atoms with Crippen molar-refractivity contribution in [2.75, 3.05) is 26.2 Å². The third kappa shape index (κ3) is 6.06. The standard InChI is InChI=1S/C22H29F3N4O2/c1-3-5-6-16(4-2)21(30)29-13-11-28(12-14-29)15-19-26-20(31-27-19)17-7-9-18(10-8-17)22(23,24)25/h7-10,16H,3-6,11-15H2,1-2H3/t16-/m0/s1. The van der Waals surface area contributed by atoms with E-state index < -0.39 is 11.7 Å². The summed E-state index contributed by atoms with van der Waals surface area (Å²) in [6, 6.07) is 4.65. The quantitative estimate of drug-likeness (QED) is 0.602. The van der Waals surface area contributed by atoms with Gasteiger partial charge in [-0.05, 0) is 37.1 Å². The van der Waals surface area contributed by atoms with Gasteiger partial charge in [-0.2, -0.15) is 18.2 Å². The molecule has 0 spiro atoms. The van der Waals surface area contributed by atoms with Crippen LogP contribution in [0.5, 0.6) is 0 Å². The molecule has 1 aliphatic heterocycles. The molecule has 1 saturated heterocycles. The van der Waals surface area contributed by atoms with Crippen molar-refractivity contribution in [1.82, 2.24) is 19.9 Å². The lowest BCUT2D eigenvalue weighted by molar-refractivity contribution is -0.138. The van der Waals surface area contributed by atoms with Gasteiger partial charge in [0.15, 0.2) is 5.82 Å². The summed E-state index contributed by atoms with van der Waals surface area (Å²) in [6.07, 6.45) is -0.397. The zero-order valence-corrected chi connectivity index (χ0v) is 18.0. The van der Waals surface area contributed by atoms with Crippen LogP contribution >= 0.6 is 0 Å². The molecule has 1 aromatic heterocycles. The molecule has 31 heavy (non-hydrogen) atoms. The maximum Gasteiger partial charge on any atom is 0.416 e. The minimum absolute atomic E-state index is 0.106. The van der Waals surface area contributed by atoms with Crippen LogP contribution in [0.1, 0.15) is 50.9 Å². The smallest absolute Gasteiger partial charge is 0.340 e. The molecule has 2 heterocycles. The summed E-state index contributed by atoms with van der Waals surface area (Å²) < 4.78 is 43.3. The Kier molecular flexibility index (Phi) is 7.69. The van der Waals surface area contributed by atoms with E-state index in [1.54, 1.807) is 0 Å². The Bertz CT molecular complexity index is 843. The predicted molar refractivity (Wildman–Crippen MR) is 110 cm³/mol. The van der Waals surface area contributed by atoms with Crippen LogP contribution < -0.4 is 0 Å². The average Bonchev–Trinajstić information content (AvgIpc) is 3.22. The van der Waals surface area contributed by atoms with Crippen molar-refractivity contribution in [3.63, 3.8) is 0 Å². The summed E-state index contributed by atoms with van der Waals surface area (Å²) in [4.78, 5) is 21.2. The number of alkyl halides is 3. The number of carbonyl (C=O) groups is 1. The zero-order chi connectivity index (χ0) is 22.4. The molecule has 9 heteroatoms. The van der Waals surface area contributed by atoms with Crippen molar-refractivity contribution >= 4 is 5.91 Å². The molecule has 0 N–H and O–H groups in total. The van der Waals surface area contributed by atoms with Crippen molar-refractivity contribution < 1.29 is 22.5 Å². The first-order valence-corrected chi connectivity index (χ1v) is 10.8. The number of piperazine rings is 1. The van der Waals surface area contributed by atoms with E-state index in [1.807, 2.05) is 4.90 Å². The van der Waals surface area contributed by atoms with Gasteiger partial charge in [-0.25, -0.2) is 0 Å². The zero-order valence-electron chi connectivity index (χ0n) is 18.0. The van der Waals surface area contributed by atoms with Crippen LogP contribution in [0, 0.1) is 5.92 Å². The fraction of sp³-hybridized carbons (Fsp3) is 0.591. The average molecular weight is 438 g/mol. The van der Waals surface area contributed by atoms with Crippen LogP contribution in [0.4, 0.5) is 13.2 Å². The number of rotatable bonds is 8. The summed E-state index contributed by atoms with van der Waals surface area (Å²) in [5, 5.41) is 3.96. The number of hydrogen-bond acceptors (Lipinski definition) is 5. The molecule has 0 bridgehead atoms. The Morgan fingerprint density at radius 3 is 2.39 bits per heavy atom. The number of amides is 1. The first-order chi connectivity index (χ1) is 14.8. The molecular weight excluding hydrogens is 409 g/mol. The van der Waals surface area contributed by atoms with Crippen LogP contribution in [0.25, 0.3) is 11.5 Å². The molecule has 1 atom stereocenters. The highest BCUT2D eigenvalue weighted by atomic mass is 19.4. The third-order valence-corrected chi connectivity index (χ3v) is 5.72. The van der Waals surface area contributed by atoms with E-state index in [9.17, 15) is 18.0 Å². The van der Waals surface area contributed by atoms with Gasteiger partial charge in [0, 0.05) is 37.7 Å². The van der Waals surface area contributed by atoms with Crippen LogP contribution in [0.15, 0.2) is 28.8 Å². The number of aromatic nitrogens is 2. The summed E-state index contributed by atoms with van der Waals surface area (Å²) >= 11 is 0. The first-order valence-electron chi connectivity index (χ1n) is 10.8. The van der Waals surface area contributed by atoms with Crippen LogP contribution in [-0.4, -0.2) is 52.0 Å². The number of hydrogen-bond donors (Lipinski definition) is 0. The summed E-state index contributed by atoms with van der Waals surface area (Å²) in [5.74, 6) is 1.03. The molecule has 1 aromatic carbocycles. The molecule has 0 radical (unpaired) electrons. The molecule has 0 unspecified atom stereocenters. The second kappa shape index (κ2) is 10.3. The molecule has 3 rings (SSSR count). The topological polar surface area (TPSA) is 62.5 Å². The normalized spacial score (nSPS) is 16.5. The Labute approximate surface area is 180 Å². The van der Waals surface area contributed by atoms with Crippen molar-refractivity contribution in [3.05, 3.63) is 35.7 Å². The highest BCUT2D eigenvalue weighted by molar-refractivity contribution is 5.78. The lowest BCUT2D eigenvalue weighted by Gasteiger charge is -2.35. The molecule has 2 aromatic rings. The molecule has 0 aliphatic carbocycles. The predicted octanol–water partition coefficient (Wildman–Crippen LogP) is 4.62. The summed E-state index contributed by atoms with van der Waals surface area (Å²) in [5.41, 5.74) is -0.275. The van der Waals surface area contributed by atoms with Crippen LogP contribution in [0.3, 0.4) is 0 Å². The number of carbonyl (C=O) groups excluding carboxylic acids is 1. The molecule has 1 amide bonds. The van der Waals surface area contributed by atoms with Crippen LogP contribution in [-0.2, 0) is 17.5 Å². The Balaban J connectivity index is 1.52. The van der Waals surface area contributed by atoms with Crippen LogP contribution in [0.2, 0.25) is 0 Å². The van der Waals surface area contributed by atoms with Gasteiger partial charge in [-0.15, -0.1) is 0 Å². The molecule has 1 fully saturated rings. The second-order valence-corrected chi connectivity index (χ2v) is 7.94. The van der Waals surface area contributed by atoms with E-state index >= 15 is 0 Å². The molecule has 170 valence electrons. The van der Waals surface area contributed by atoms with E-state index in [2.05, 4.69) is 28.9 Å². The lowest BCUT2D eigenvalue weighted by atomic mass is 9.97. The van der Waals surface area contributed by atoms with E-state index in [0.29, 0.717) is 31.0 Å². The highest BCUT2D eigenvalue weighted by Crippen LogP contribution is 2.30. The van der Waals surface area contributed by atoms with E-state index in [4.69, 9.17) is 4.52 Å². The van der Waals surface area contributed by atoms with E-state index in [1.165, 1.54) is 12.1 Å². The minimum Gasteiger partial charge on any atom is -0.340 e. The van der Waals surface area contributed by atoms with Crippen molar-refractivity contribution in [2.45, 2.75) is 52.3 Å². The van der Waals surface area contributed by atoms with Crippen molar-refractivity contribution in [2.24, 2.45) is 5.92 Å². The van der Waals surface area contributed by atoms with Gasteiger partial charge in [-0.1, -0.05) is 31.8 Å². The fourth-order valence-corrected chi connectivity index (χ4v) is 3.77. The van der Waals surface area contributed by atoms with Gasteiger partial charge in [0.25, 0.3) is 5.89 Å². The number of unbranched alkanes of at least 4 members (excludes halogenated alkanes) is 1. The fourth-order valence-electron chi connectivity index (χ4n) is 3.77. The Morgan fingerprint density at radius 2 is 1.81 bits per heavy atom. The lowest BCUT2D eigenvalue weighted by Crippen LogP contribution is -2.50. The summed E-state index contributed by atoms with van der Waals surface area (Å²) in [6.45, 7) is 7.46. The Hall–Kier alpha value is -2.42. The molecule has 0 saturated carbocycles. The van der Waals surface area contributed by atoms with Crippen molar-refractivity contribution in [1.29, 1.82) is 0 Å². The summed E-state index contributed by atoms with van der Waals surface area (Å²) in [7, 11) is 0. The maximum absolute atomic E-state index is 12.7. The van der Waals surface area contributed by atoms with Gasteiger partial charge in [0.2, 0.25) is 5.91 Å². The SMILES string of the molecule is CCCC[C@H](CC)C(=O)N1CCN(Cc2noc(-c3ccc(C(F)(F)F)cc3)n2)CC1. The van der Waals surface area contributed by atoms with Gasteiger partial charge in [0.1, 0.15) is 0 Å². The first kappa shape index (κ1) is 23.2. The van der Waals surface area contributed by atoms with Gasteiger partial charge in [0.05, 0.1) is 12.1 Å². The van der Waals surface area contributed by atoms with Crippen molar-refractivity contribution in [3.8, 4) is 11.5 Å². The molecule has 1 aliphatic rings. The maximum atomic E-state index is 12.7. The molecule has 6 nitrogen and oxygen atoms in total.